The second-order valence-corrected chi connectivity index (χ2v) is 6.25. The van der Waals surface area contributed by atoms with E-state index in [0.717, 1.165) is 25.8 Å². The molecule has 0 spiro atoms. The van der Waals surface area contributed by atoms with Crippen LogP contribution in [-0.4, -0.2) is 50.2 Å². The predicted molar refractivity (Wildman–Crippen MR) is 67.2 cm³/mol. The van der Waals surface area contributed by atoms with Crippen molar-refractivity contribution >= 4 is 11.9 Å². The van der Waals surface area contributed by atoms with Crippen LogP contribution in [0.1, 0.15) is 19.3 Å². The van der Waals surface area contributed by atoms with E-state index in [-0.39, 0.29) is 35.8 Å². The van der Waals surface area contributed by atoms with Crippen molar-refractivity contribution in [2.45, 2.75) is 25.4 Å². The number of carbonyl (C=O) groups is 2. The van der Waals surface area contributed by atoms with E-state index in [1.54, 1.807) is 0 Å². The smallest absolute Gasteiger partial charge is 0.310 e. The van der Waals surface area contributed by atoms with Crippen molar-refractivity contribution in [3.8, 4) is 0 Å². The van der Waals surface area contributed by atoms with E-state index in [9.17, 15) is 9.59 Å². The normalized spacial score (nSPS) is 38.9. The lowest BCUT2D eigenvalue weighted by atomic mass is 9.80. The van der Waals surface area contributed by atoms with Crippen molar-refractivity contribution in [3.63, 3.8) is 0 Å². The largest absolute Gasteiger partial charge is 0.465 e. The molecule has 3 rings (SSSR count). The first-order chi connectivity index (χ1) is 9.08. The average Bonchev–Trinajstić information content (AvgIpc) is 2.94. The Balaban J connectivity index is 1.55. The van der Waals surface area contributed by atoms with Crippen LogP contribution >= 0.6 is 0 Å². The van der Waals surface area contributed by atoms with Gasteiger partial charge in [0.15, 0.2) is 0 Å². The Labute approximate surface area is 113 Å². The van der Waals surface area contributed by atoms with Crippen LogP contribution in [0.25, 0.3) is 0 Å². The van der Waals surface area contributed by atoms with Crippen molar-refractivity contribution in [3.05, 3.63) is 0 Å². The Morgan fingerprint density at radius 2 is 2.21 bits per heavy atom. The molecular weight excluding hydrogens is 246 g/mol. The maximum absolute atomic E-state index is 12.2. The van der Waals surface area contributed by atoms with Crippen LogP contribution in [0.15, 0.2) is 0 Å². The van der Waals surface area contributed by atoms with Gasteiger partial charge < -0.3 is 14.4 Å². The molecule has 1 saturated heterocycles. The number of hydrogen-bond donors (Lipinski definition) is 0. The fourth-order valence-electron chi connectivity index (χ4n) is 3.97. The summed E-state index contributed by atoms with van der Waals surface area (Å²) in [6.07, 6.45) is 2.72. The van der Waals surface area contributed by atoms with Gasteiger partial charge in [0, 0.05) is 12.5 Å². The Morgan fingerprint density at radius 1 is 1.42 bits per heavy atom. The van der Waals surface area contributed by atoms with Crippen molar-refractivity contribution in [1.82, 2.24) is 4.90 Å². The molecule has 0 N–H and O–H groups in total. The van der Waals surface area contributed by atoms with Gasteiger partial charge in [-0.15, -0.1) is 0 Å². The predicted octanol–water partition coefficient (Wildman–Crippen LogP) is 0.679. The summed E-state index contributed by atoms with van der Waals surface area (Å²) in [5.74, 6) is -0.246. The van der Waals surface area contributed by atoms with E-state index in [0.29, 0.717) is 12.5 Å². The molecule has 0 radical (unpaired) electrons. The van der Waals surface area contributed by atoms with Gasteiger partial charge >= 0.3 is 11.9 Å². The average molecular weight is 267 g/mol. The van der Waals surface area contributed by atoms with Gasteiger partial charge in [0.25, 0.3) is 0 Å². The van der Waals surface area contributed by atoms with Crippen molar-refractivity contribution in [2.24, 2.45) is 23.7 Å². The number of esters is 2. The third-order valence-electron chi connectivity index (χ3n) is 4.75. The van der Waals surface area contributed by atoms with Crippen LogP contribution in [0, 0.1) is 23.7 Å². The lowest BCUT2D eigenvalue weighted by Crippen LogP contribution is -2.33. The highest BCUT2D eigenvalue weighted by atomic mass is 16.6. The molecule has 0 aromatic heterocycles. The van der Waals surface area contributed by atoms with Crippen molar-refractivity contribution in [1.29, 1.82) is 0 Å². The van der Waals surface area contributed by atoms with Gasteiger partial charge in [-0.3, -0.25) is 9.59 Å². The fourth-order valence-corrected chi connectivity index (χ4v) is 3.97. The van der Waals surface area contributed by atoms with E-state index in [4.69, 9.17) is 9.47 Å². The molecule has 106 valence electrons. The first-order valence-corrected chi connectivity index (χ1v) is 7.10. The molecule has 3 aliphatic rings. The summed E-state index contributed by atoms with van der Waals surface area (Å²) < 4.78 is 10.7. The SMILES string of the molecule is CN(C)CCCOC(=O)[C@H]1[C@@H]2C[C@@H]3[C@@H]1C(=O)O[C@@H]3C2. The molecule has 0 aromatic rings. The second kappa shape index (κ2) is 4.78. The first kappa shape index (κ1) is 12.9. The minimum atomic E-state index is -0.240. The molecule has 5 atom stereocenters. The summed E-state index contributed by atoms with van der Waals surface area (Å²) in [4.78, 5) is 26.0. The lowest BCUT2D eigenvalue weighted by molar-refractivity contribution is -0.155. The Bertz CT molecular complexity index is 393. The van der Waals surface area contributed by atoms with E-state index in [1.807, 2.05) is 14.1 Å². The molecule has 2 aliphatic carbocycles. The molecule has 2 saturated carbocycles. The molecule has 5 heteroatoms. The van der Waals surface area contributed by atoms with Gasteiger partial charge in [0.1, 0.15) is 6.10 Å². The van der Waals surface area contributed by atoms with Crippen LogP contribution in [0.3, 0.4) is 0 Å². The van der Waals surface area contributed by atoms with Gasteiger partial charge in [-0.05, 0) is 39.3 Å². The number of carbonyl (C=O) groups excluding carboxylic acids is 2. The standard InChI is InChI=1S/C14H21NO4/c1-15(2)4-3-5-18-13(16)11-8-6-9-10(7-8)19-14(17)12(9)11/h8-12H,3-7H2,1-2H3/t8-,9+,10-,11+,12+/m1/s1. The highest BCUT2D eigenvalue weighted by Crippen LogP contribution is 2.57. The minimum absolute atomic E-state index is 0.0836. The number of nitrogens with zero attached hydrogens (tertiary/aromatic N) is 1. The second-order valence-electron chi connectivity index (χ2n) is 6.25. The monoisotopic (exact) mass is 267 g/mol. The third kappa shape index (κ3) is 2.14. The zero-order valence-electron chi connectivity index (χ0n) is 11.5. The summed E-state index contributed by atoms with van der Waals surface area (Å²) in [5.41, 5.74) is 0. The fraction of sp³-hybridized carbons (Fsp3) is 0.857. The number of ether oxygens (including phenoxy) is 2. The first-order valence-electron chi connectivity index (χ1n) is 7.10. The topological polar surface area (TPSA) is 55.8 Å². The maximum Gasteiger partial charge on any atom is 0.310 e. The van der Waals surface area contributed by atoms with Gasteiger partial charge in [-0.1, -0.05) is 0 Å². The molecule has 0 unspecified atom stereocenters. The Hall–Kier alpha value is -1.10. The number of fused-ring (bicyclic) bond motifs is 1. The summed E-state index contributed by atoms with van der Waals surface area (Å²) in [5, 5.41) is 0. The molecule has 5 nitrogen and oxygen atoms in total. The molecule has 3 fully saturated rings. The summed E-state index contributed by atoms with van der Waals surface area (Å²) in [6, 6.07) is 0. The maximum atomic E-state index is 12.2. The molecule has 0 aromatic carbocycles. The van der Waals surface area contributed by atoms with Gasteiger partial charge in [-0.2, -0.15) is 0 Å². The van der Waals surface area contributed by atoms with Gasteiger partial charge in [-0.25, -0.2) is 0 Å². The zero-order chi connectivity index (χ0) is 13.6. The highest BCUT2D eigenvalue weighted by molar-refractivity contribution is 5.85. The molecule has 19 heavy (non-hydrogen) atoms. The van der Waals surface area contributed by atoms with E-state index in [2.05, 4.69) is 4.90 Å². The van der Waals surface area contributed by atoms with Crippen LogP contribution in [0.5, 0.6) is 0 Å². The Kier molecular flexibility index (Phi) is 3.25. The summed E-state index contributed by atoms with van der Waals surface area (Å²) >= 11 is 0. The summed E-state index contributed by atoms with van der Waals surface area (Å²) in [7, 11) is 3.98. The highest BCUT2D eigenvalue weighted by Gasteiger charge is 2.64. The third-order valence-corrected chi connectivity index (χ3v) is 4.75. The lowest BCUT2D eigenvalue weighted by Gasteiger charge is -2.22. The molecule has 2 bridgehead atoms. The molecule has 0 amide bonds. The van der Waals surface area contributed by atoms with Crippen molar-refractivity contribution in [2.75, 3.05) is 27.2 Å². The van der Waals surface area contributed by atoms with Gasteiger partial charge in [0.2, 0.25) is 0 Å². The number of rotatable bonds is 5. The van der Waals surface area contributed by atoms with E-state index >= 15 is 0 Å². The quantitative estimate of drug-likeness (QED) is 0.541. The molecular formula is C14H21NO4. The number of hydrogen-bond acceptors (Lipinski definition) is 5. The van der Waals surface area contributed by atoms with Gasteiger partial charge in [0.05, 0.1) is 18.4 Å². The van der Waals surface area contributed by atoms with Crippen LogP contribution in [0.4, 0.5) is 0 Å². The molecule has 1 aliphatic heterocycles. The molecule has 1 heterocycles. The Morgan fingerprint density at radius 3 is 2.95 bits per heavy atom. The van der Waals surface area contributed by atoms with Crippen molar-refractivity contribution < 1.29 is 19.1 Å². The van der Waals surface area contributed by atoms with Crippen LogP contribution < -0.4 is 0 Å². The summed E-state index contributed by atoms with van der Waals surface area (Å²) in [6.45, 7) is 1.34. The zero-order valence-corrected chi connectivity index (χ0v) is 11.5. The minimum Gasteiger partial charge on any atom is -0.465 e. The van der Waals surface area contributed by atoms with E-state index in [1.165, 1.54) is 0 Å². The van der Waals surface area contributed by atoms with Crippen LogP contribution in [-0.2, 0) is 19.1 Å². The van der Waals surface area contributed by atoms with E-state index < -0.39 is 0 Å². The van der Waals surface area contributed by atoms with Crippen LogP contribution in [0.2, 0.25) is 0 Å².